The summed E-state index contributed by atoms with van der Waals surface area (Å²) in [6, 6.07) is 7.33. The van der Waals surface area contributed by atoms with Crippen molar-refractivity contribution in [1.82, 2.24) is 4.90 Å². The van der Waals surface area contributed by atoms with Crippen molar-refractivity contribution in [3.63, 3.8) is 0 Å². The van der Waals surface area contributed by atoms with E-state index in [0.717, 1.165) is 4.47 Å². The molecular weight excluding hydrogens is 390 g/mol. The Morgan fingerprint density at radius 1 is 1.28 bits per heavy atom. The predicted molar refractivity (Wildman–Crippen MR) is 94.0 cm³/mol. The van der Waals surface area contributed by atoms with Crippen LogP contribution in [0.15, 0.2) is 40.8 Å². The third-order valence-electron chi connectivity index (χ3n) is 4.36. The fraction of sp³-hybridized carbons (Fsp3) is 0.444. The van der Waals surface area contributed by atoms with Crippen LogP contribution in [-0.4, -0.2) is 43.1 Å². The average molecular weight is 410 g/mol. The number of rotatable bonds is 3. The molecule has 1 heterocycles. The Kier molecular flexibility index (Phi) is 5.32. The molecule has 1 aliphatic carbocycles. The van der Waals surface area contributed by atoms with E-state index in [1.54, 1.807) is 20.2 Å². The fourth-order valence-corrected chi connectivity index (χ4v) is 3.37. The monoisotopic (exact) mass is 409 g/mol. The number of carbonyl (C=O) groups is 2. The molecule has 1 aliphatic heterocycles. The summed E-state index contributed by atoms with van der Waals surface area (Å²) < 4.78 is 17.6. The lowest BCUT2D eigenvalue weighted by Crippen LogP contribution is -2.43. The number of fused-ring (bicyclic) bond motifs is 1. The highest BCUT2D eigenvalue weighted by Crippen LogP contribution is 2.36. The molecule has 1 saturated carbocycles. The number of allylic oxidation sites excluding steroid dienone is 1. The molecule has 3 unspecified atom stereocenters. The van der Waals surface area contributed by atoms with Crippen LogP contribution in [0, 0.1) is 5.92 Å². The number of ether oxygens (including phenoxy) is 3. The molecule has 2 aliphatic rings. The van der Waals surface area contributed by atoms with E-state index in [2.05, 4.69) is 15.9 Å². The molecule has 0 radical (unpaired) electrons. The lowest BCUT2D eigenvalue weighted by Gasteiger charge is -2.37. The molecule has 7 heteroatoms. The standard InChI is InChI=1S/C18H20BrNO5/c1-20(2)18(22)24-11-7-8-12-15(9-11)23-10-16(17(12)21)25-14-6-4-3-5-13(14)19/h3-6,10-12,15H,7-9H2,1-2H3. The number of nitrogens with zero attached hydrogens (tertiary/aromatic N) is 1. The van der Waals surface area contributed by atoms with Crippen molar-refractivity contribution in [1.29, 1.82) is 0 Å². The predicted octanol–water partition coefficient (Wildman–Crippen LogP) is 3.50. The van der Waals surface area contributed by atoms with Crippen LogP contribution in [-0.2, 0) is 14.3 Å². The van der Waals surface area contributed by atoms with E-state index < -0.39 is 0 Å². The molecule has 1 fully saturated rings. The van der Waals surface area contributed by atoms with E-state index in [0.29, 0.717) is 25.0 Å². The molecule has 3 atom stereocenters. The van der Waals surface area contributed by atoms with Gasteiger partial charge < -0.3 is 19.1 Å². The van der Waals surface area contributed by atoms with Gasteiger partial charge in [-0.15, -0.1) is 0 Å². The van der Waals surface area contributed by atoms with Crippen LogP contribution >= 0.6 is 15.9 Å². The van der Waals surface area contributed by atoms with Gasteiger partial charge in [0.05, 0.1) is 10.4 Å². The van der Waals surface area contributed by atoms with Crippen LogP contribution in [0.2, 0.25) is 0 Å². The van der Waals surface area contributed by atoms with Crippen LogP contribution in [0.1, 0.15) is 19.3 Å². The number of carbonyl (C=O) groups excluding carboxylic acids is 2. The largest absolute Gasteiger partial charge is 0.493 e. The first-order chi connectivity index (χ1) is 12.0. The van der Waals surface area contributed by atoms with Gasteiger partial charge in [-0.2, -0.15) is 0 Å². The second-order valence-corrected chi connectivity index (χ2v) is 7.23. The second-order valence-electron chi connectivity index (χ2n) is 6.37. The molecule has 0 bridgehead atoms. The number of hydrogen-bond acceptors (Lipinski definition) is 5. The maximum atomic E-state index is 12.7. The van der Waals surface area contributed by atoms with E-state index in [9.17, 15) is 9.59 Å². The van der Waals surface area contributed by atoms with E-state index in [1.165, 1.54) is 11.2 Å². The SMILES string of the molecule is CN(C)C(=O)OC1CCC2C(=O)C(Oc3ccccc3Br)=COC2C1. The summed E-state index contributed by atoms with van der Waals surface area (Å²) in [6.45, 7) is 0. The van der Waals surface area contributed by atoms with Gasteiger partial charge in [-0.3, -0.25) is 4.79 Å². The third-order valence-corrected chi connectivity index (χ3v) is 5.02. The van der Waals surface area contributed by atoms with Gasteiger partial charge >= 0.3 is 6.09 Å². The average Bonchev–Trinajstić information content (AvgIpc) is 2.59. The Morgan fingerprint density at radius 2 is 2.04 bits per heavy atom. The first kappa shape index (κ1) is 17.8. The number of hydrogen-bond donors (Lipinski definition) is 0. The van der Waals surface area contributed by atoms with Crippen molar-refractivity contribution in [3.8, 4) is 5.75 Å². The Hall–Kier alpha value is -2.02. The number of benzene rings is 1. The summed E-state index contributed by atoms with van der Waals surface area (Å²) in [6.07, 6.45) is 2.23. The molecule has 1 amide bonds. The van der Waals surface area contributed by atoms with Crippen LogP contribution in [0.5, 0.6) is 5.75 Å². The van der Waals surface area contributed by atoms with Gasteiger partial charge in [0.2, 0.25) is 11.5 Å². The molecule has 3 rings (SSSR count). The minimum atomic E-state index is -0.376. The lowest BCUT2D eigenvalue weighted by atomic mass is 9.80. The normalized spacial score (nSPS) is 25.3. The number of para-hydroxylation sites is 1. The molecule has 25 heavy (non-hydrogen) atoms. The highest BCUT2D eigenvalue weighted by Gasteiger charge is 2.42. The second kappa shape index (κ2) is 7.47. The van der Waals surface area contributed by atoms with Crippen molar-refractivity contribution in [3.05, 3.63) is 40.8 Å². The molecule has 0 spiro atoms. The lowest BCUT2D eigenvalue weighted by molar-refractivity contribution is -0.132. The quantitative estimate of drug-likeness (QED) is 0.763. The summed E-state index contributed by atoms with van der Waals surface area (Å²) in [5, 5.41) is 0. The van der Waals surface area contributed by atoms with Crippen molar-refractivity contribution in [2.45, 2.75) is 31.5 Å². The Morgan fingerprint density at radius 3 is 2.76 bits per heavy atom. The number of Topliss-reactive ketones (excluding diaryl/α,β-unsaturated/α-hetero) is 1. The maximum Gasteiger partial charge on any atom is 0.409 e. The zero-order valence-electron chi connectivity index (χ0n) is 14.1. The number of amides is 1. The minimum Gasteiger partial charge on any atom is -0.493 e. The van der Waals surface area contributed by atoms with Gasteiger partial charge in [0, 0.05) is 20.5 Å². The summed E-state index contributed by atoms with van der Waals surface area (Å²) in [5.41, 5.74) is 0. The summed E-state index contributed by atoms with van der Waals surface area (Å²) in [7, 11) is 3.28. The Labute approximate surface area is 154 Å². The van der Waals surface area contributed by atoms with Crippen molar-refractivity contribution in [2.24, 2.45) is 5.92 Å². The summed E-state index contributed by atoms with van der Waals surface area (Å²) in [5.74, 6) is 0.441. The van der Waals surface area contributed by atoms with Gasteiger partial charge in [-0.05, 0) is 40.9 Å². The van der Waals surface area contributed by atoms with E-state index in [1.807, 2.05) is 18.2 Å². The Bertz CT molecular complexity index is 702. The van der Waals surface area contributed by atoms with Crippen LogP contribution in [0.4, 0.5) is 4.79 Å². The molecule has 6 nitrogen and oxygen atoms in total. The number of ketones is 1. The van der Waals surface area contributed by atoms with Gasteiger partial charge in [0.1, 0.15) is 24.2 Å². The molecule has 134 valence electrons. The molecular formula is C18H20BrNO5. The highest BCUT2D eigenvalue weighted by molar-refractivity contribution is 9.10. The molecule has 1 aromatic rings. The summed E-state index contributed by atoms with van der Waals surface area (Å²) >= 11 is 3.40. The first-order valence-corrected chi connectivity index (χ1v) is 8.95. The van der Waals surface area contributed by atoms with Gasteiger partial charge in [0.25, 0.3) is 0 Å². The van der Waals surface area contributed by atoms with E-state index >= 15 is 0 Å². The van der Waals surface area contributed by atoms with Crippen LogP contribution in [0.25, 0.3) is 0 Å². The topological polar surface area (TPSA) is 65.1 Å². The smallest absolute Gasteiger partial charge is 0.409 e. The molecule has 0 N–H and O–H groups in total. The maximum absolute atomic E-state index is 12.7. The van der Waals surface area contributed by atoms with Crippen LogP contribution in [0.3, 0.4) is 0 Å². The number of halogens is 1. The Balaban J connectivity index is 1.65. The highest BCUT2D eigenvalue weighted by atomic mass is 79.9. The first-order valence-electron chi connectivity index (χ1n) is 8.16. The molecule has 0 aromatic heterocycles. The van der Waals surface area contributed by atoms with Gasteiger partial charge in [-0.1, -0.05) is 12.1 Å². The summed E-state index contributed by atoms with van der Waals surface area (Å²) in [4.78, 5) is 25.8. The molecule has 1 aromatic carbocycles. The van der Waals surface area contributed by atoms with E-state index in [-0.39, 0.29) is 35.8 Å². The zero-order chi connectivity index (χ0) is 18.0. The van der Waals surface area contributed by atoms with Crippen molar-refractivity contribution in [2.75, 3.05) is 14.1 Å². The molecule has 0 saturated heterocycles. The minimum absolute atomic E-state index is 0.0654. The van der Waals surface area contributed by atoms with Crippen molar-refractivity contribution < 1.29 is 23.8 Å². The van der Waals surface area contributed by atoms with Crippen LogP contribution < -0.4 is 4.74 Å². The van der Waals surface area contributed by atoms with Gasteiger partial charge in [-0.25, -0.2) is 4.79 Å². The van der Waals surface area contributed by atoms with Crippen molar-refractivity contribution >= 4 is 27.8 Å². The van der Waals surface area contributed by atoms with E-state index in [4.69, 9.17) is 14.2 Å². The van der Waals surface area contributed by atoms with Gasteiger partial charge in [0.15, 0.2) is 0 Å². The fourth-order valence-electron chi connectivity index (χ4n) is 3.01. The zero-order valence-corrected chi connectivity index (χ0v) is 15.7. The third kappa shape index (κ3) is 3.98.